The summed E-state index contributed by atoms with van der Waals surface area (Å²) in [5.41, 5.74) is 3.23. The zero-order valence-electron chi connectivity index (χ0n) is 14.0. The minimum absolute atomic E-state index is 0.472. The molecule has 2 heterocycles. The molecule has 3 rings (SSSR count). The molecule has 0 amide bonds. The van der Waals surface area contributed by atoms with Crippen LogP contribution in [0.3, 0.4) is 0 Å². The van der Waals surface area contributed by atoms with E-state index in [0.717, 1.165) is 18.7 Å². The van der Waals surface area contributed by atoms with Crippen molar-refractivity contribution in [2.45, 2.75) is 26.3 Å². The van der Waals surface area contributed by atoms with E-state index >= 15 is 0 Å². The fraction of sp³-hybridized carbons (Fsp3) is 0.333. The van der Waals surface area contributed by atoms with E-state index in [2.05, 4.69) is 44.8 Å². The van der Waals surface area contributed by atoms with Crippen LogP contribution in [0.15, 0.2) is 30.5 Å². The fourth-order valence-electron chi connectivity index (χ4n) is 2.78. The van der Waals surface area contributed by atoms with Crippen LogP contribution in [0.1, 0.15) is 24.0 Å². The molecule has 2 N–H and O–H groups in total. The molecule has 7 heteroatoms. The molecular weight excluding hydrogens is 375 g/mol. The Kier molecular flexibility index (Phi) is 5.99. The lowest BCUT2D eigenvalue weighted by atomic mass is 10.2. The first kappa shape index (κ1) is 18.2. The normalized spacial score (nSPS) is 13.8. The van der Waals surface area contributed by atoms with Crippen molar-refractivity contribution in [1.29, 1.82) is 0 Å². The Bertz CT molecular complexity index is 758. The van der Waals surface area contributed by atoms with E-state index in [1.165, 1.54) is 24.1 Å². The van der Waals surface area contributed by atoms with Gasteiger partial charge in [0, 0.05) is 31.5 Å². The van der Waals surface area contributed by atoms with Gasteiger partial charge in [-0.2, -0.15) is 0 Å². The lowest BCUT2D eigenvalue weighted by molar-refractivity contribution is 0.920. The molecule has 0 atom stereocenters. The van der Waals surface area contributed by atoms with Crippen LogP contribution >= 0.6 is 35.4 Å². The summed E-state index contributed by atoms with van der Waals surface area (Å²) in [6.45, 7) is 4.78. The van der Waals surface area contributed by atoms with Crippen LogP contribution in [0.2, 0.25) is 10.0 Å². The largest absolute Gasteiger partial charge is 0.372 e. The van der Waals surface area contributed by atoms with Crippen LogP contribution in [-0.2, 0) is 6.54 Å². The monoisotopic (exact) mass is 394 g/mol. The van der Waals surface area contributed by atoms with E-state index < -0.39 is 0 Å². The van der Waals surface area contributed by atoms with Crippen LogP contribution in [0, 0.1) is 6.92 Å². The van der Waals surface area contributed by atoms with Gasteiger partial charge in [0.25, 0.3) is 0 Å². The van der Waals surface area contributed by atoms with E-state index in [0.29, 0.717) is 27.5 Å². The first-order valence-corrected chi connectivity index (χ1v) is 9.40. The van der Waals surface area contributed by atoms with E-state index in [4.69, 9.17) is 35.4 Å². The predicted molar refractivity (Wildman–Crippen MR) is 110 cm³/mol. The van der Waals surface area contributed by atoms with Gasteiger partial charge in [-0.05, 0) is 55.2 Å². The average molecular weight is 395 g/mol. The lowest BCUT2D eigenvalue weighted by Crippen LogP contribution is -2.28. The molecule has 1 aliphatic heterocycles. The van der Waals surface area contributed by atoms with Crippen molar-refractivity contribution in [2.24, 2.45) is 0 Å². The van der Waals surface area contributed by atoms with Gasteiger partial charge in [0.05, 0.1) is 10.0 Å². The quantitative estimate of drug-likeness (QED) is 0.729. The van der Waals surface area contributed by atoms with Crippen molar-refractivity contribution in [2.75, 3.05) is 23.3 Å². The number of thiocarbonyl (C=S) groups is 1. The third-order valence-corrected chi connectivity index (χ3v) is 5.38. The van der Waals surface area contributed by atoms with Gasteiger partial charge in [-0.25, -0.2) is 4.98 Å². The third kappa shape index (κ3) is 4.54. The molecule has 1 saturated heterocycles. The Balaban J connectivity index is 1.54. The van der Waals surface area contributed by atoms with Gasteiger partial charge < -0.3 is 15.5 Å². The van der Waals surface area contributed by atoms with E-state index in [1.54, 1.807) is 6.20 Å². The highest BCUT2D eigenvalue weighted by Gasteiger charge is 2.12. The maximum absolute atomic E-state index is 6.24. The Hall–Kier alpha value is -1.56. The summed E-state index contributed by atoms with van der Waals surface area (Å²) in [6, 6.07) is 8.58. The number of hydrogen-bond acceptors (Lipinski definition) is 3. The number of rotatable bonds is 4. The van der Waals surface area contributed by atoms with Crippen molar-refractivity contribution in [1.82, 2.24) is 10.3 Å². The molecule has 0 radical (unpaired) electrons. The molecule has 0 unspecified atom stereocenters. The SMILES string of the molecule is Cc1c(Cl)cnc(NC(=S)NCc2ccc(N3CCCC3)cc2)c1Cl. The smallest absolute Gasteiger partial charge is 0.172 e. The first-order chi connectivity index (χ1) is 12.0. The summed E-state index contributed by atoms with van der Waals surface area (Å²) in [6.07, 6.45) is 4.12. The predicted octanol–water partition coefficient (Wildman–Crippen LogP) is 4.78. The molecule has 0 spiro atoms. The summed E-state index contributed by atoms with van der Waals surface area (Å²) in [5, 5.41) is 7.67. The highest BCUT2D eigenvalue weighted by atomic mass is 35.5. The second kappa shape index (κ2) is 8.21. The van der Waals surface area contributed by atoms with Gasteiger partial charge in [0.2, 0.25) is 0 Å². The standard InChI is InChI=1S/C18H20Cl2N4S/c1-12-15(19)11-21-17(16(12)20)23-18(25)22-10-13-4-6-14(7-5-13)24-8-2-3-9-24/h4-7,11H,2-3,8-10H2,1H3,(H2,21,22,23,25). The first-order valence-electron chi connectivity index (χ1n) is 8.24. The molecule has 4 nitrogen and oxygen atoms in total. The molecule has 0 bridgehead atoms. The van der Waals surface area contributed by atoms with Gasteiger partial charge in [0.1, 0.15) is 0 Å². The zero-order valence-corrected chi connectivity index (χ0v) is 16.3. The Morgan fingerprint density at radius 1 is 1.20 bits per heavy atom. The molecule has 0 aliphatic carbocycles. The van der Waals surface area contributed by atoms with Crippen molar-refractivity contribution in [3.8, 4) is 0 Å². The highest BCUT2D eigenvalue weighted by molar-refractivity contribution is 7.80. The van der Waals surface area contributed by atoms with Crippen molar-refractivity contribution in [3.05, 3.63) is 51.6 Å². The van der Waals surface area contributed by atoms with Gasteiger partial charge >= 0.3 is 0 Å². The fourth-order valence-corrected chi connectivity index (χ4v) is 3.34. The number of nitrogens with one attached hydrogen (secondary N) is 2. The molecule has 132 valence electrons. The van der Waals surface area contributed by atoms with Gasteiger partial charge in [-0.3, -0.25) is 0 Å². The lowest BCUT2D eigenvalue weighted by Gasteiger charge is -2.18. The van der Waals surface area contributed by atoms with E-state index in [-0.39, 0.29) is 0 Å². The number of pyridine rings is 1. The third-order valence-electron chi connectivity index (χ3n) is 4.29. The van der Waals surface area contributed by atoms with Crippen LogP contribution in [0.5, 0.6) is 0 Å². The molecule has 1 aromatic carbocycles. The Morgan fingerprint density at radius 2 is 1.88 bits per heavy atom. The molecule has 1 fully saturated rings. The van der Waals surface area contributed by atoms with Crippen molar-refractivity contribution >= 4 is 52.0 Å². The maximum atomic E-state index is 6.24. The number of hydrogen-bond donors (Lipinski definition) is 2. The summed E-state index contributed by atoms with van der Waals surface area (Å²) in [4.78, 5) is 6.60. The molecule has 1 aliphatic rings. The number of anilines is 2. The minimum Gasteiger partial charge on any atom is -0.372 e. The summed E-state index contributed by atoms with van der Waals surface area (Å²) >= 11 is 17.6. The molecule has 2 aromatic rings. The minimum atomic E-state index is 0.472. The van der Waals surface area contributed by atoms with Crippen LogP contribution in [-0.4, -0.2) is 23.2 Å². The topological polar surface area (TPSA) is 40.2 Å². The summed E-state index contributed by atoms with van der Waals surface area (Å²) in [5.74, 6) is 0.505. The molecule has 0 saturated carbocycles. The van der Waals surface area contributed by atoms with E-state index in [9.17, 15) is 0 Å². The zero-order chi connectivity index (χ0) is 17.8. The number of benzene rings is 1. The van der Waals surface area contributed by atoms with Gasteiger partial charge in [-0.1, -0.05) is 35.3 Å². The van der Waals surface area contributed by atoms with Gasteiger partial charge in [0.15, 0.2) is 10.9 Å². The number of aromatic nitrogens is 1. The van der Waals surface area contributed by atoms with Crippen LogP contribution in [0.4, 0.5) is 11.5 Å². The number of halogens is 2. The Labute approximate surface area is 163 Å². The summed E-state index contributed by atoms with van der Waals surface area (Å²) < 4.78 is 0. The highest BCUT2D eigenvalue weighted by Crippen LogP contribution is 2.28. The summed E-state index contributed by atoms with van der Waals surface area (Å²) in [7, 11) is 0. The van der Waals surface area contributed by atoms with Crippen LogP contribution < -0.4 is 15.5 Å². The maximum Gasteiger partial charge on any atom is 0.172 e. The second-order valence-electron chi connectivity index (χ2n) is 6.06. The number of nitrogens with zero attached hydrogens (tertiary/aromatic N) is 2. The van der Waals surface area contributed by atoms with Crippen molar-refractivity contribution < 1.29 is 0 Å². The van der Waals surface area contributed by atoms with E-state index in [1.807, 2.05) is 6.92 Å². The van der Waals surface area contributed by atoms with Crippen LogP contribution in [0.25, 0.3) is 0 Å². The molecular formula is C18H20Cl2N4S. The second-order valence-corrected chi connectivity index (χ2v) is 7.26. The van der Waals surface area contributed by atoms with Crippen molar-refractivity contribution in [3.63, 3.8) is 0 Å². The Morgan fingerprint density at radius 3 is 2.56 bits per heavy atom. The molecule has 25 heavy (non-hydrogen) atoms. The average Bonchev–Trinajstić information content (AvgIpc) is 3.16. The molecule has 1 aromatic heterocycles. The van der Waals surface area contributed by atoms with Gasteiger partial charge in [-0.15, -0.1) is 0 Å².